The van der Waals surface area contributed by atoms with E-state index >= 15 is 0 Å². The molecule has 0 saturated carbocycles. The van der Waals surface area contributed by atoms with Gasteiger partial charge >= 0.3 is 0 Å². The Morgan fingerprint density at radius 1 is 1.30 bits per heavy atom. The van der Waals surface area contributed by atoms with Crippen LogP contribution in [0.4, 0.5) is 0 Å². The molecule has 0 bridgehead atoms. The molecule has 3 aromatic rings. The number of rotatable bonds is 3. The summed E-state index contributed by atoms with van der Waals surface area (Å²) >= 11 is 0. The van der Waals surface area contributed by atoms with Gasteiger partial charge < -0.3 is 0 Å². The lowest BCUT2D eigenvalue weighted by Gasteiger charge is -2.11. The highest BCUT2D eigenvalue weighted by Crippen LogP contribution is 2.36. The van der Waals surface area contributed by atoms with Gasteiger partial charge in [-0.05, 0) is 24.7 Å². The molecule has 0 amide bonds. The number of Topliss-reactive ketones (excluding diaryl/α,β-unsaturated/α-hetero) is 1. The highest BCUT2D eigenvalue weighted by Gasteiger charge is 2.32. The van der Waals surface area contributed by atoms with Crippen LogP contribution < -0.4 is 0 Å². The highest BCUT2D eigenvalue weighted by atomic mass is 16.1. The average Bonchev–Trinajstić information content (AvgIpc) is 3.24. The molecule has 0 N–H and O–H groups in total. The minimum Gasteiger partial charge on any atom is -0.294 e. The fraction of sp³-hybridized carbons (Fsp3) is 0.250. The Labute approximate surface area is 134 Å². The third-order valence-corrected chi connectivity index (χ3v) is 4.13. The molecule has 0 fully saturated rings. The van der Waals surface area contributed by atoms with Crippen molar-refractivity contribution in [2.24, 2.45) is 0 Å². The molecular formula is C16H14BN5O. The Hall–Kier alpha value is -2.70. The molecule has 112 valence electrons. The zero-order valence-electron chi connectivity index (χ0n) is 12.6. The summed E-state index contributed by atoms with van der Waals surface area (Å²) in [7, 11) is 6.21. The van der Waals surface area contributed by atoms with E-state index in [-0.39, 0.29) is 17.6 Å². The Balaban J connectivity index is 1.74. The van der Waals surface area contributed by atoms with Crippen molar-refractivity contribution in [3.63, 3.8) is 0 Å². The summed E-state index contributed by atoms with van der Waals surface area (Å²) in [5.74, 6) is 0.975. The van der Waals surface area contributed by atoms with Crippen molar-refractivity contribution in [3.8, 4) is 5.95 Å². The van der Waals surface area contributed by atoms with E-state index in [9.17, 15) is 4.79 Å². The molecule has 4 rings (SSSR count). The predicted octanol–water partition coefficient (Wildman–Crippen LogP) is 1.87. The summed E-state index contributed by atoms with van der Waals surface area (Å²) < 4.78 is 3.38. The van der Waals surface area contributed by atoms with E-state index in [2.05, 4.69) is 27.3 Å². The second kappa shape index (κ2) is 5.19. The molecule has 0 saturated heterocycles. The van der Waals surface area contributed by atoms with Crippen LogP contribution in [0.3, 0.4) is 0 Å². The standard InChI is InChI=1S/C16H14BN5O/c1-10(23)12-8-18-21(9-12)16-19-15-13(17)7-14(22(15)20-16)11-5-3-2-4-6-11/h2-6,8-9,13-14H,7H2,1H3. The molecule has 0 spiro atoms. The molecule has 1 aromatic carbocycles. The minimum absolute atomic E-state index is 0.0399. The van der Waals surface area contributed by atoms with E-state index in [1.54, 1.807) is 6.20 Å². The summed E-state index contributed by atoms with van der Waals surface area (Å²) in [5.41, 5.74) is 1.69. The maximum atomic E-state index is 11.4. The molecule has 2 unspecified atom stereocenters. The fourth-order valence-corrected chi connectivity index (χ4v) is 2.92. The molecular weight excluding hydrogens is 289 g/mol. The monoisotopic (exact) mass is 303 g/mol. The van der Waals surface area contributed by atoms with E-state index in [1.807, 2.05) is 22.9 Å². The molecule has 6 nitrogen and oxygen atoms in total. The Morgan fingerprint density at radius 2 is 2.09 bits per heavy atom. The minimum atomic E-state index is -0.163. The van der Waals surface area contributed by atoms with Crippen LogP contribution >= 0.6 is 0 Å². The van der Waals surface area contributed by atoms with Crippen LogP contribution in [-0.2, 0) is 0 Å². The van der Waals surface area contributed by atoms with Gasteiger partial charge in [-0.1, -0.05) is 30.3 Å². The third-order valence-electron chi connectivity index (χ3n) is 4.13. The molecule has 1 aliphatic heterocycles. The number of carbonyl (C=O) groups is 1. The Bertz CT molecular complexity index is 870. The van der Waals surface area contributed by atoms with Gasteiger partial charge in [-0.25, -0.2) is 9.36 Å². The van der Waals surface area contributed by atoms with Crippen molar-refractivity contribution in [2.75, 3.05) is 0 Å². The quantitative estimate of drug-likeness (QED) is 0.547. The number of aromatic nitrogens is 5. The van der Waals surface area contributed by atoms with E-state index in [4.69, 9.17) is 7.85 Å². The van der Waals surface area contributed by atoms with E-state index in [1.165, 1.54) is 17.8 Å². The fourth-order valence-electron chi connectivity index (χ4n) is 2.92. The molecule has 2 aromatic heterocycles. The van der Waals surface area contributed by atoms with Crippen LogP contribution in [0.1, 0.15) is 46.9 Å². The van der Waals surface area contributed by atoms with E-state index in [0.29, 0.717) is 11.5 Å². The zero-order chi connectivity index (χ0) is 16.0. The van der Waals surface area contributed by atoms with Crippen LogP contribution in [0.15, 0.2) is 42.7 Å². The second-order valence-electron chi connectivity index (χ2n) is 5.71. The van der Waals surface area contributed by atoms with Crippen molar-refractivity contribution in [3.05, 3.63) is 59.7 Å². The van der Waals surface area contributed by atoms with E-state index < -0.39 is 0 Å². The van der Waals surface area contributed by atoms with Gasteiger partial charge in [-0.15, -0.1) is 5.10 Å². The van der Waals surface area contributed by atoms with Gasteiger partial charge in [0.1, 0.15) is 5.82 Å². The number of nitrogens with zero attached hydrogens (tertiary/aromatic N) is 5. The third kappa shape index (κ3) is 2.28. The first-order valence-electron chi connectivity index (χ1n) is 7.46. The number of fused-ring (bicyclic) bond motifs is 1. The van der Waals surface area contributed by atoms with Gasteiger partial charge in [0.05, 0.1) is 25.6 Å². The van der Waals surface area contributed by atoms with E-state index in [0.717, 1.165) is 17.8 Å². The molecule has 2 atom stereocenters. The average molecular weight is 303 g/mol. The van der Waals surface area contributed by atoms with Crippen LogP contribution in [-0.4, -0.2) is 38.2 Å². The molecule has 0 aliphatic carbocycles. The summed E-state index contributed by atoms with van der Waals surface area (Å²) in [5, 5.41) is 8.72. The normalized spacial score (nSPS) is 19.7. The van der Waals surface area contributed by atoms with Gasteiger partial charge in [0, 0.05) is 6.20 Å². The number of ketones is 1. The number of carbonyl (C=O) groups excluding carboxylic acids is 1. The van der Waals surface area contributed by atoms with Crippen molar-refractivity contribution < 1.29 is 4.79 Å². The molecule has 2 radical (unpaired) electrons. The highest BCUT2D eigenvalue weighted by molar-refractivity contribution is 6.12. The van der Waals surface area contributed by atoms with Gasteiger partial charge in [-0.2, -0.15) is 10.1 Å². The molecule has 3 heterocycles. The molecule has 7 heteroatoms. The molecule has 23 heavy (non-hydrogen) atoms. The number of hydrogen-bond donors (Lipinski definition) is 0. The SMILES string of the molecule is [B]C1CC(c2ccccc2)n2nc(-n3cc(C(C)=O)cn3)nc21. The predicted molar refractivity (Wildman–Crippen MR) is 84.8 cm³/mol. The number of benzene rings is 1. The zero-order valence-corrected chi connectivity index (χ0v) is 12.6. The van der Waals surface area contributed by atoms with Crippen LogP contribution in [0.2, 0.25) is 0 Å². The van der Waals surface area contributed by atoms with Crippen molar-refractivity contribution in [2.45, 2.75) is 25.2 Å². The van der Waals surface area contributed by atoms with Crippen molar-refractivity contribution in [1.29, 1.82) is 0 Å². The van der Waals surface area contributed by atoms with Crippen LogP contribution in [0, 0.1) is 0 Å². The Kier molecular flexibility index (Phi) is 3.14. The van der Waals surface area contributed by atoms with Gasteiger partial charge in [0.25, 0.3) is 5.95 Å². The first-order chi connectivity index (χ1) is 11.1. The first-order valence-corrected chi connectivity index (χ1v) is 7.46. The summed E-state index contributed by atoms with van der Waals surface area (Å²) in [6.45, 7) is 1.50. The lowest BCUT2D eigenvalue weighted by atomic mass is 9.83. The van der Waals surface area contributed by atoms with Crippen molar-refractivity contribution in [1.82, 2.24) is 24.5 Å². The summed E-state index contributed by atoms with van der Waals surface area (Å²) in [4.78, 5) is 15.9. The summed E-state index contributed by atoms with van der Waals surface area (Å²) in [6, 6.07) is 10.2. The van der Waals surface area contributed by atoms with Crippen LogP contribution in [0.5, 0.6) is 0 Å². The smallest absolute Gasteiger partial charge is 0.269 e. The summed E-state index contributed by atoms with van der Waals surface area (Å²) in [6.07, 6.45) is 3.93. The number of hydrogen-bond acceptors (Lipinski definition) is 4. The molecule has 1 aliphatic rings. The topological polar surface area (TPSA) is 65.6 Å². The van der Waals surface area contributed by atoms with Gasteiger partial charge in [-0.3, -0.25) is 4.79 Å². The van der Waals surface area contributed by atoms with Crippen molar-refractivity contribution >= 4 is 13.6 Å². The second-order valence-corrected chi connectivity index (χ2v) is 5.71. The maximum Gasteiger partial charge on any atom is 0.269 e. The largest absolute Gasteiger partial charge is 0.294 e. The lowest BCUT2D eigenvalue weighted by Crippen LogP contribution is -2.08. The first kappa shape index (κ1) is 13.9. The Morgan fingerprint density at radius 3 is 2.78 bits per heavy atom. The maximum absolute atomic E-state index is 11.4. The van der Waals surface area contributed by atoms with Gasteiger partial charge in [0.15, 0.2) is 5.78 Å². The van der Waals surface area contributed by atoms with Gasteiger partial charge in [0.2, 0.25) is 0 Å². The van der Waals surface area contributed by atoms with Crippen LogP contribution in [0.25, 0.3) is 5.95 Å². The lowest BCUT2D eigenvalue weighted by molar-refractivity contribution is 0.101.